The first kappa shape index (κ1) is 15.3. The lowest BCUT2D eigenvalue weighted by molar-refractivity contribution is -0.147. The summed E-state index contributed by atoms with van der Waals surface area (Å²) in [6.45, 7) is 2.11. The summed E-state index contributed by atoms with van der Waals surface area (Å²) in [4.78, 5) is 25.1. The Hall–Kier alpha value is -2.63. The average molecular weight is 317 g/mol. The molecule has 1 atom stereocenters. The lowest BCUT2D eigenvalue weighted by Crippen LogP contribution is -2.34. The molecule has 2 aromatic rings. The molecule has 1 aliphatic heterocycles. The van der Waals surface area contributed by atoms with E-state index in [1.165, 1.54) is 23.1 Å². The van der Waals surface area contributed by atoms with Crippen molar-refractivity contribution >= 4 is 11.9 Å². The number of likely N-dealkylation sites (tertiary alicyclic amines) is 1. The molecule has 23 heavy (non-hydrogen) atoms. The summed E-state index contributed by atoms with van der Waals surface area (Å²) in [5.74, 6) is -1.37. The van der Waals surface area contributed by atoms with Crippen LogP contribution >= 0.6 is 0 Å². The number of amides is 1. The highest BCUT2D eigenvalue weighted by Gasteiger charge is 2.42. The summed E-state index contributed by atoms with van der Waals surface area (Å²) in [6.07, 6.45) is 0.398. The van der Waals surface area contributed by atoms with E-state index in [0.29, 0.717) is 13.0 Å². The minimum Gasteiger partial charge on any atom is -0.481 e. The van der Waals surface area contributed by atoms with E-state index in [4.69, 9.17) is 4.42 Å². The van der Waals surface area contributed by atoms with E-state index in [-0.39, 0.29) is 29.5 Å². The van der Waals surface area contributed by atoms with E-state index in [1.807, 2.05) is 0 Å². The number of halogens is 1. The Morgan fingerprint density at radius 2 is 2.00 bits per heavy atom. The van der Waals surface area contributed by atoms with Crippen molar-refractivity contribution in [1.29, 1.82) is 0 Å². The molecule has 1 fully saturated rings. The van der Waals surface area contributed by atoms with Gasteiger partial charge in [-0.15, -0.1) is 0 Å². The number of benzene rings is 1. The van der Waals surface area contributed by atoms with Crippen LogP contribution in [0.2, 0.25) is 0 Å². The molecule has 0 radical (unpaired) electrons. The fraction of sp³-hybridized carbons (Fsp3) is 0.294. The second kappa shape index (κ2) is 5.53. The number of carboxylic acids is 1. The van der Waals surface area contributed by atoms with Gasteiger partial charge in [0.25, 0.3) is 5.91 Å². The van der Waals surface area contributed by atoms with E-state index in [0.717, 1.165) is 0 Å². The minimum atomic E-state index is -0.934. The first-order valence-corrected chi connectivity index (χ1v) is 7.28. The molecule has 0 aliphatic carbocycles. The van der Waals surface area contributed by atoms with Crippen LogP contribution in [0.15, 0.2) is 40.8 Å². The highest BCUT2D eigenvalue weighted by Crippen LogP contribution is 2.32. The molecule has 1 aromatic carbocycles. The number of rotatable bonds is 3. The zero-order chi connectivity index (χ0) is 16.6. The van der Waals surface area contributed by atoms with Crippen molar-refractivity contribution < 1.29 is 23.5 Å². The van der Waals surface area contributed by atoms with Crippen LogP contribution in [-0.4, -0.2) is 35.0 Å². The highest BCUT2D eigenvalue weighted by atomic mass is 19.1. The molecular formula is C17H16FNO4. The number of furan rings is 1. The zero-order valence-electron chi connectivity index (χ0n) is 12.6. The lowest BCUT2D eigenvalue weighted by atomic mass is 9.90. The molecule has 1 aromatic heterocycles. The molecule has 1 N–H and O–H groups in total. The van der Waals surface area contributed by atoms with E-state index >= 15 is 0 Å². The second-order valence-corrected chi connectivity index (χ2v) is 5.99. The molecule has 1 amide bonds. The van der Waals surface area contributed by atoms with Gasteiger partial charge in [0, 0.05) is 13.1 Å². The number of carbonyl (C=O) groups excluding carboxylic acids is 1. The van der Waals surface area contributed by atoms with Gasteiger partial charge < -0.3 is 14.4 Å². The van der Waals surface area contributed by atoms with Crippen LogP contribution in [0.3, 0.4) is 0 Å². The molecule has 120 valence electrons. The summed E-state index contributed by atoms with van der Waals surface area (Å²) < 4.78 is 19.2. The molecule has 0 saturated carbocycles. The number of carboxylic acid groups (broad SMARTS) is 1. The predicted octanol–water partition coefficient (Wildman–Crippen LogP) is 3.02. The molecule has 6 heteroatoms. The van der Waals surface area contributed by atoms with Crippen molar-refractivity contribution in [2.45, 2.75) is 13.3 Å². The molecule has 3 rings (SSSR count). The zero-order valence-corrected chi connectivity index (χ0v) is 12.6. The number of aliphatic carboxylic acids is 1. The second-order valence-electron chi connectivity index (χ2n) is 5.99. The third-order valence-electron chi connectivity index (χ3n) is 4.23. The first-order chi connectivity index (χ1) is 10.9. The maximum atomic E-state index is 13.8. The third kappa shape index (κ3) is 2.72. The summed E-state index contributed by atoms with van der Waals surface area (Å²) in [7, 11) is 0. The van der Waals surface area contributed by atoms with Crippen LogP contribution < -0.4 is 0 Å². The Labute approximate surface area is 132 Å². The van der Waals surface area contributed by atoms with Gasteiger partial charge in [0.2, 0.25) is 0 Å². The maximum absolute atomic E-state index is 13.8. The van der Waals surface area contributed by atoms with Gasteiger partial charge >= 0.3 is 5.97 Å². The molecular weight excluding hydrogens is 301 g/mol. The summed E-state index contributed by atoms with van der Waals surface area (Å²) in [6, 6.07) is 9.17. The van der Waals surface area contributed by atoms with Crippen LogP contribution in [0.4, 0.5) is 4.39 Å². The molecule has 0 unspecified atom stereocenters. The van der Waals surface area contributed by atoms with Gasteiger partial charge in [-0.25, -0.2) is 4.39 Å². The van der Waals surface area contributed by atoms with Crippen molar-refractivity contribution in [3.63, 3.8) is 0 Å². The normalized spacial score (nSPS) is 20.7. The molecule has 5 nitrogen and oxygen atoms in total. The summed E-state index contributed by atoms with van der Waals surface area (Å²) in [5.41, 5.74) is -0.653. The SMILES string of the molecule is C[C@@]1(C(=O)O)CCN(C(=O)c2ccc(-c3ccccc3F)o2)C1. The van der Waals surface area contributed by atoms with Gasteiger partial charge in [0.1, 0.15) is 11.6 Å². The molecule has 2 heterocycles. The Balaban J connectivity index is 1.80. The van der Waals surface area contributed by atoms with E-state index in [1.54, 1.807) is 25.1 Å². The van der Waals surface area contributed by atoms with Gasteiger partial charge in [-0.1, -0.05) is 12.1 Å². The predicted molar refractivity (Wildman–Crippen MR) is 80.4 cm³/mol. The van der Waals surface area contributed by atoms with Crippen LogP contribution in [0.1, 0.15) is 23.9 Å². The molecule has 0 spiro atoms. The van der Waals surface area contributed by atoms with Gasteiger partial charge in [-0.05, 0) is 37.6 Å². The molecule has 1 saturated heterocycles. The monoisotopic (exact) mass is 317 g/mol. The largest absolute Gasteiger partial charge is 0.481 e. The van der Waals surface area contributed by atoms with Gasteiger partial charge in [-0.3, -0.25) is 9.59 Å². The Kier molecular flexibility index (Phi) is 3.67. The van der Waals surface area contributed by atoms with Crippen molar-refractivity contribution in [3.05, 3.63) is 48.0 Å². The van der Waals surface area contributed by atoms with Gasteiger partial charge in [-0.2, -0.15) is 0 Å². The van der Waals surface area contributed by atoms with Gasteiger partial charge in [0.05, 0.1) is 11.0 Å². The quantitative estimate of drug-likeness (QED) is 0.944. The Morgan fingerprint density at radius 1 is 1.26 bits per heavy atom. The van der Waals surface area contributed by atoms with Crippen molar-refractivity contribution in [2.24, 2.45) is 5.41 Å². The van der Waals surface area contributed by atoms with Crippen LogP contribution in [0.25, 0.3) is 11.3 Å². The maximum Gasteiger partial charge on any atom is 0.311 e. The summed E-state index contributed by atoms with van der Waals surface area (Å²) >= 11 is 0. The third-order valence-corrected chi connectivity index (χ3v) is 4.23. The fourth-order valence-corrected chi connectivity index (χ4v) is 2.72. The van der Waals surface area contributed by atoms with Crippen LogP contribution in [-0.2, 0) is 4.79 Å². The van der Waals surface area contributed by atoms with E-state index < -0.39 is 17.2 Å². The number of nitrogens with zero attached hydrogens (tertiary/aromatic N) is 1. The molecule has 0 bridgehead atoms. The van der Waals surface area contributed by atoms with Crippen LogP contribution in [0.5, 0.6) is 0 Å². The smallest absolute Gasteiger partial charge is 0.311 e. The number of hydrogen-bond donors (Lipinski definition) is 1. The van der Waals surface area contributed by atoms with E-state index in [9.17, 15) is 19.1 Å². The van der Waals surface area contributed by atoms with Crippen LogP contribution in [0, 0.1) is 11.2 Å². The number of carbonyl (C=O) groups is 2. The fourth-order valence-electron chi connectivity index (χ4n) is 2.72. The van der Waals surface area contributed by atoms with Crippen molar-refractivity contribution in [3.8, 4) is 11.3 Å². The summed E-state index contributed by atoms with van der Waals surface area (Å²) in [5, 5.41) is 9.22. The Bertz CT molecular complexity index is 769. The molecule has 1 aliphatic rings. The van der Waals surface area contributed by atoms with Crippen molar-refractivity contribution in [1.82, 2.24) is 4.90 Å². The highest BCUT2D eigenvalue weighted by molar-refractivity contribution is 5.93. The standard InChI is InChI=1S/C17H16FNO4/c1-17(16(21)22)8-9-19(10-17)15(20)14-7-6-13(23-14)11-4-2-3-5-12(11)18/h2-7H,8-10H2,1H3,(H,21,22)/t17-/m1/s1. The first-order valence-electron chi connectivity index (χ1n) is 7.28. The minimum absolute atomic E-state index is 0.0814. The van der Waals surface area contributed by atoms with Crippen molar-refractivity contribution in [2.75, 3.05) is 13.1 Å². The number of hydrogen-bond acceptors (Lipinski definition) is 3. The topological polar surface area (TPSA) is 70.8 Å². The average Bonchev–Trinajstić information content (AvgIpc) is 3.15. The van der Waals surface area contributed by atoms with Gasteiger partial charge in [0.15, 0.2) is 5.76 Å². The van der Waals surface area contributed by atoms with E-state index in [2.05, 4.69) is 0 Å². The lowest BCUT2D eigenvalue weighted by Gasteiger charge is -2.19. The Morgan fingerprint density at radius 3 is 2.65 bits per heavy atom.